The van der Waals surface area contributed by atoms with E-state index in [0.717, 1.165) is 27.4 Å². The first-order chi connectivity index (χ1) is 14.0. The number of nitrogens with two attached hydrogens (primary N) is 2. The second-order valence-electron chi connectivity index (χ2n) is 6.69. The van der Waals surface area contributed by atoms with Gasteiger partial charge in [0.15, 0.2) is 0 Å². The van der Waals surface area contributed by atoms with Crippen molar-refractivity contribution in [2.24, 2.45) is 16.8 Å². The summed E-state index contributed by atoms with van der Waals surface area (Å²) in [6.45, 7) is 2.27. The highest BCUT2D eigenvalue weighted by Crippen LogP contribution is 2.32. The number of hydrazine groups is 1. The van der Waals surface area contributed by atoms with Crippen LogP contribution in [-0.4, -0.2) is 20.6 Å². The van der Waals surface area contributed by atoms with Gasteiger partial charge in [0.1, 0.15) is 0 Å². The molecule has 0 atom stereocenters. The molecule has 0 amide bonds. The van der Waals surface area contributed by atoms with Gasteiger partial charge in [-0.15, -0.1) is 0 Å². The van der Waals surface area contributed by atoms with Crippen LogP contribution in [0.1, 0.15) is 16.8 Å². The van der Waals surface area contributed by atoms with Crippen LogP contribution < -0.4 is 17.1 Å². The highest BCUT2D eigenvalue weighted by molar-refractivity contribution is 5.91. The molecule has 2 aromatic carbocycles. The second-order valence-corrected chi connectivity index (χ2v) is 6.69. The van der Waals surface area contributed by atoms with E-state index in [4.69, 9.17) is 11.7 Å². The predicted octanol–water partition coefficient (Wildman–Crippen LogP) is 2.77. The number of aromatic nitrogens is 3. The molecular formula is C20H19F2N7. The smallest absolute Gasteiger partial charge is 0.321 e. The molecule has 0 fully saturated rings. The van der Waals surface area contributed by atoms with Gasteiger partial charge < -0.3 is 11.3 Å². The van der Waals surface area contributed by atoms with Gasteiger partial charge in [-0.1, -0.05) is 30.3 Å². The fourth-order valence-electron chi connectivity index (χ4n) is 3.49. The molecule has 0 saturated carbocycles. The molecular weight excluding hydrogens is 376 g/mol. The van der Waals surface area contributed by atoms with E-state index in [2.05, 4.69) is 15.2 Å². The summed E-state index contributed by atoms with van der Waals surface area (Å²) >= 11 is 0. The maximum Gasteiger partial charge on any atom is 0.332 e. The maximum atomic E-state index is 14.7. The average Bonchev–Trinajstić information content (AvgIpc) is 3.04. The number of hydrazone groups is 1. The first-order valence-corrected chi connectivity index (χ1v) is 8.87. The summed E-state index contributed by atoms with van der Waals surface area (Å²) in [6, 6.07) is 12.2. The lowest BCUT2D eigenvalue weighted by molar-refractivity contribution is 0.0714. The summed E-state index contributed by atoms with van der Waals surface area (Å²) in [7, 11) is 0. The van der Waals surface area contributed by atoms with E-state index in [1.165, 1.54) is 12.1 Å². The van der Waals surface area contributed by atoms with E-state index >= 15 is 0 Å². The second kappa shape index (κ2) is 7.10. The molecule has 0 spiro atoms. The number of amidine groups is 1. The van der Waals surface area contributed by atoms with Crippen LogP contribution in [0.15, 0.2) is 60.0 Å². The molecule has 0 bridgehead atoms. The molecule has 2 heterocycles. The Hall–Kier alpha value is -3.59. The van der Waals surface area contributed by atoms with Crippen LogP contribution in [-0.2, 0) is 12.5 Å². The fraction of sp³-hybridized carbons (Fsp3) is 0.150. The lowest BCUT2D eigenvalue weighted by Crippen LogP contribution is -2.43. The molecule has 2 aromatic heterocycles. The van der Waals surface area contributed by atoms with Gasteiger partial charge in [-0.2, -0.15) is 19.0 Å². The van der Waals surface area contributed by atoms with E-state index in [1.807, 2.05) is 36.6 Å². The van der Waals surface area contributed by atoms with Gasteiger partial charge in [0.25, 0.3) is 0 Å². The Morgan fingerprint density at radius 2 is 2.03 bits per heavy atom. The standard InChI is InChI=1S/C20H19F2N7/c1-12-16-6-5-15(20(21,22)19(26-23)27-24)9-18(16)29(28-12)11-14-4-2-3-13-10-25-8-7-17(13)14/h2-10H,11,23-24H2,1H3,(H,26,27). The van der Waals surface area contributed by atoms with Gasteiger partial charge in [-0.05, 0) is 30.0 Å². The van der Waals surface area contributed by atoms with Crippen molar-refractivity contribution in [1.29, 1.82) is 0 Å². The first-order valence-electron chi connectivity index (χ1n) is 8.87. The number of rotatable bonds is 4. The van der Waals surface area contributed by atoms with Crippen LogP contribution in [0.4, 0.5) is 8.78 Å². The van der Waals surface area contributed by atoms with Crippen molar-refractivity contribution in [3.63, 3.8) is 0 Å². The normalized spacial score (nSPS) is 12.6. The summed E-state index contributed by atoms with van der Waals surface area (Å²) in [6.07, 6.45) is 3.52. The number of aryl methyl sites for hydroxylation is 1. The van der Waals surface area contributed by atoms with Crippen molar-refractivity contribution in [3.05, 3.63) is 71.7 Å². The molecule has 5 N–H and O–H groups in total. The summed E-state index contributed by atoms with van der Waals surface area (Å²) in [5, 5.41) is 10.5. The molecule has 0 aliphatic rings. The molecule has 148 valence electrons. The Morgan fingerprint density at radius 1 is 1.21 bits per heavy atom. The van der Waals surface area contributed by atoms with Crippen LogP contribution in [0.25, 0.3) is 21.7 Å². The predicted molar refractivity (Wildman–Crippen MR) is 108 cm³/mol. The largest absolute Gasteiger partial charge is 0.332 e. The Kier molecular flexibility index (Phi) is 4.59. The number of nitrogens with zero attached hydrogens (tertiary/aromatic N) is 4. The maximum absolute atomic E-state index is 14.7. The number of alkyl halides is 2. The van der Waals surface area contributed by atoms with Crippen molar-refractivity contribution >= 4 is 27.5 Å². The summed E-state index contributed by atoms with van der Waals surface area (Å²) in [4.78, 5) is 4.14. The zero-order valence-electron chi connectivity index (χ0n) is 15.6. The third kappa shape index (κ3) is 3.15. The van der Waals surface area contributed by atoms with Crippen LogP contribution in [0.5, 0.6) is 0 Å². The summed E-state index contributed by atoms with van der Waals surface area (Å²) < 4.78 is 31.2. The van der Waals surface area contributed by atoms with Gasteiger partial charge in [-0.3, -0.25) is 9.67 Å². The molecule has 4 aromatic rings. The highest BCUT2D eigenvalue weighted by atomic mass is 19.3. The third-order valence-electron chi connectivity index (χ3n) is 4.95. The lowest BCUT2D eigenvalue weighted by Gasteiger charge is -2.18. The Balaban J connectivity index is 1.83. The molecule has 0 aliphatic carbocycles. The van der Waals surface area contributed by atoms with Crippen LogP contribution in [0, 0.1) is 6.92 Å². The van der Waals surface area contributed by atoms with E-state index < -0.39 is 11.8 Å². The number of halogens is 2. The molecule has 7 nitrogen and oxygen atoms in total. The fourth-order valence-corrected chi connectivity index (χ4v) is 3.49. The van der Waals surface area contributed by atoms with Crippen molar-refractivity contribution in [1.82, 2.24) is 20.2 Å². The Bertz CT molecular complexity index is 1220. The highest BCUT2D eigenvalue weighted by Gasteiger charge is 2.39. The number of pyridine rings is 1. The minimum absolute atomic E-state index is 0.282. The zero-order valence-corrected chi connectivity index (χ0v) is 15.6. The molecule has 0 aliphatic heterocycles. The summed E-state index contributed by atoms with van der Waals surface area (Å²) in [5.41, 5.74) is 3.93. The Morgan fingerprint density at radius 3 is 2.79 bits per heavy atom. The van der Waals surface area contributed by atoms with Gasteiger partial charge in [0.2, 0.25) is 5.84 Å². The molecule has 4 rings (SSSR count). The lowest BCUT2D eigenvalue weighted by atomic mass is 10.0. The van der Waals surface area contributed by atoms with E-state index in [1.54, 1.807) is 23.1 Å². The number of hydrogen-bond donors (Lipinski definition) is 3. The average molecular weight is 395 g/mol. The van der Waals surface area contributed by atoms with Gasteiger partial charge in [0.05, 0.1) is 17.8 Å². The van der Waals surface area contributed by atoms with Gasteiger partial charge >= 0.3 is 5.92 Å². The third-order valence-corrected chi connectivity index (χ3v) is 4.95. The van der Waals surface area contributed by atoms with Crippen molar-refractivity contribution in [3.8, 4) is 0 Å². The monoisotopic (exact) mass is 395 g/mol. The SMILES string of the molecule is Cc1nn(Cc2cccc3cnccc23)c2cc(C(F)(F)/C(=N/N)NN)ccc12. The van der Waals surface area contributed by atoms with E-state index in [-0.39, 0.29) is 5.56 Å². The summed E-state index contributed by atoms with van der Waals surface area (Å²) in [5.74, 6) is 5.91. The molecule has 0 unspecified atom stereocenters. The minimum Gasteiger partial charge on any atom is -0.321 e. The molecule has 29 heavy (non-hydrogen) atoms. The number of nitrogens with one attached hydrogen (secondary N) is 1. The molecule has 0 radical (unpaired) electrons. The van der Waals surface area contributed by atoms with Crippen LogP contribution in [0.3, 0.4) is 0 Å². The van der Waals surface area contributed by atoms with Gasteiger partial charge in [-0.25, -0.2) is 5.84 Å². The molecule has 9 heteroatoms. The van der Waals surface area contributed by atoms with Crippen molar-refractivity contribution < 1.29 is 8.78 Å². The quantitative estimate of drug-likeness (QED) is 0.213. The number of fused-ring (bicyclic) bond motifs is 2. The minimum atomic E-state index is -3.47. The number of benzene rings is 2. The van der Waals surface area contributed by atoms with E-state index in [9.17, 15) is 8.78 Å². The molecule has 0 saturated heterocycles. The van der Waals surface area contributed by atoms with E-state index in [0.29, 0.717) is 12.1 Å². The van der Waals surface area contributed by atoms with Gasteiger partial charge in [0, 0.05) is 28.7 Å². The topological polar surface area (TPSA) is 107 Å². The zero-order chi connectivity index (χ0) is 20.6. The van der Waals surface area contributed by atoms with Crippen LogP contribution >= 0.6 is 0 Å². The Labute approximate surface area is 165 Å². The number of hydrogen-bond acceptors (Lipinski definition) is 5. The first kappa shape index (κ1) is 18.8. The van der Waals surface area contributed by atoms with Crippen molar-refractivity contribution in [2.45, 2.75) is 19.4 Å². The van der Waals surface area contributed by atoms with Crippen LogP contribution in [0.2, 0.25) is 0 Å². The van der Waals surface area contributed by atoms with Crippen molar-refractivity contribution in [2.75, 3.05) is 0 Å².